The molecule has 2 aliphatic rings. The molecule has 2 rings (SSSR count). The third-order valence-corrected chi connectivity index (χ3v) is 1.89. The first-order chi connectivity index (χ1) is 8.00. The van der Waals surface area contributed by atoms with Gasteiger partial charge in [-0.25, -0.2) is 22.0 Å². The van der Waals surface area contributed by atoms with Crippen molar-refractivity contribution in [2.45, 2.75) is 31.2 Å². The fourth-order valence-corrected chi connectivity index (χ4v) is 0.769. The second-order valence-corrected chi connectivity index (χ2v) is 3.56. The van der Waals surface area contributed by atoms with E-state index in [1.54, 1.807) is 0 Å². The van der Waals surface area contributed by atoms with E-state index in [0.29, 0.717) is 12.2 Å². The summed E-state index contributed by atoms with van der Waals surface area (Å²) in [7, 11) is 0. The van der Waals surface area contributed by atoms with Crippen LogP contribution >= 0.6 is 0 Å². The smallest absolute Gasteiger partial charge is 0.275 e. The first-order valence-electron chi connectivity index (χ1n) is 5.02. The van der Waals surface area contributed by atoms with Crippen molar-refractivity contribution in [3.05, 3.63) is 0 Å². The minimum atomic E-state index is -3.57. The second kappa shape index (κ2) is 7.07. The normalized spacial score (nSPS) is 26.1. The maximum absolute atomic E-state index is 11.1. The molecule has 0 aromatic heterocycles. The molecular weight excluding hydrogens is 251 g/mol. The molecule has 0 spiro atoms. The number of hydrogen-bond donors (Lipinski definition) is 0. The number of ether oxygens (including phenoxy) is 3. The number of rotatable bonds is 6. The van der Waals surface area contributed by atoms with E-state index in [4.69, 9.17) is 14.2 Å². The minimum Gasteiger partial charge on any atom is -0.376 e. The van der Waals surface area contributed by atoms with Crippen LogP contribution in [0, 0.1) is 0 Å². The monoisotopic (exact) mass is 264 g/mol. The van der Waals surface area contributed by atoms with Gasteiger partial charge in [0.05, 0.1) is 26.4 Å². The summed E-state index contributed by atoms with van der Waals surface area (Å²) in [5.41, 5.74) is 0. The maximum atomic E-state index is 11.1. The zero-order chi connectivity index (χ0) is 12.8. The van der Waals surface area contributed by atoms with Crippen LogP contribution in [0.3, 0.4) is 0 Å². The van der Waals surface area contributed by atoms with E-state index in [9.17, 15) is 22.0 Å². The molecule has 2 fully saturated rings. The van der Waals surface area contributed by atoms with Crippen LogP contribution in [0.15, 0.2) is 0 Å². The molecule has 2 atom stereocenters. The Labute approximate surface area is 94.8 Å². The van der Waals surface area contributed by atoms with Crippen LogP contribution in [0.2, 0.25) is 0 Å². The minimum absolute atomic E-state index is 0.392. The van der Waals surface area contributed by atoms with E-state index in [2.05, 4.69) is 0 Å². The van der Waals surface area contributed by atoms with E-state index in [1.165, 1.54) is 0 Å². The SMILES string of the molecule is C(OCC1CO1)C1CO1.FC(F)C(F)C(F)F. The zero-order valence-electron chi connectivity index (χ0n) is 8.83. The van der Waals surface area contributed by atoms with Crippen LogP contribution < -0.4 is 0 Å². The average Bonchev–Trinajstić information content (AvgIpc) is 3.11. The van der Waals surface area contributed by atoms with Crippen LogP contribution in [-0.2, 0) is 14.2 Å². The van der Waals surface area contributed by atoms with Gasteiger partial charge in [0.2, 0.25) is 6.17 Å². The van der Waals surface area contributed by atoms with Crippen LogP contribution in [0.4, 0.5) is 22.0 Å². The van der Waals surface area contributed by atoms with Gasteiger partial charge in [-0.05, 0) is 0 Å². The van der Waals surface area contributed by atoms with Gasteiger partial charge in [0.1, 0.15) is 12.2 Å². The third kappa shape index (κ3) is 7.45. The molecule has 0 saturated carbocycles. The Bertz CT molecular complexity index is 189. The Morgan fingerprint density at radius 2 is 1.24 bits per heavy atom. The molecule has 102 valence electrons. The van der Waals surface area contributed by atoms with Gasteiger partial charge in [-0.1, -0.05) is 0 Å². The van der Waals surface area contributed by atoms with Crippen molar-refractivity contribution in [2.75, 3.05) is 26.4 Å². The molecule has 2 heterocycles. The predicted molar refractivity (Wildman–Crippen MR) is 47.2 cm³/mol. The van der Waals surface area contributed by atoms with Gasteiger partial charge in [-0.2, -0.15) is 0 Å². The molecule has 17 heavy (non-hydrogen) atoms. The van der Waals surface area contributed by atoms with Crippen molar-refractivity contribution < 1.29 is 36.2 Å². The largest absolute Gasteiger partial charge is 0.376 e. The van der Waals surface area contributed by atoms with Crippen LogP contribution in [0.25, 0.3) is 0 Å². The highest BCUT2D eigenvalue weighted by atomic mass is 19.3. The van der Waals surface area contributed by atoms with Crippen LogP contribution in [0.1, 0.15) is 0 Å². The summed E-state index contributed by atoms with van der Waals surface area (Å²) in [6.07, 6.45) is -9.66. The molecule has 0 aromatic carbocycles. The molecule has 0 radical (unpaired) electrons. The molecule has 0 aromatic rings. The molecule has 8 heteroatoms. The van der Waals surface area contributed by atoms with Gasteiger partial charge in [0.25, 0.3) is 12.9 Å². The van der Waals surface area contributed by atoms with E-state index >= 15 is 0 Å². The zero-order valence-corrected chi connectivity index (χ0v) is 8.83. The Morgan fingerprint density at radius 3 is 1.41 bits per heavy atom. The molecule has 0 N–H and O–H groups in total. The van der Waals surface area contributed by atoms with Gasteiger partial charge in [0.15, 0.2) is 0 Å². The number of halogens is 5. The number of alkyl halides is 5. The third-order valence-electron chi connectivity index (χ3n) is 1.89. The highest BCUT2D eigenvalue weighted by Gasteiger charge is 2.29. The van der Waals surface area contributed by atoms with Crippen molar-refractivity contribution >= 4 is 0 Å². The molecule has 2 unspecified atom stereocenters. The summed E-state index contributed by atoms with van der Waals surface area (Å²) in [5.74, 6) is 0. The summed E-state index contributed by atoms with van der Waals surface area (Å²) < 4.78 is 69.6. The lowest BCUT2D eigenvalue weighted by atomic mass is 10.4. The van der Waals surface area contributed by atoms with E-state index < -0.39 is 19.0 Å². The second-order valence-electron chi connectivity index (χ2n) is 3.56. The molecule has 2 aliphatic heterocycles. The summed E-state index contributed by atoms with van der Waals surface area (Å²) in [4.78, 5) is 0. The molecule has 0 aliphatic carbocycles. The predicted octanol–water partition coefficient (Wildman–Crippen LogP) is 1.66. The van der Waals surface area contributed by atoms with Crippen molar-refractivity contribution in [1.29, 1.82) is 0 Å². The van der Waals surface area contributed by atoms with Crippen LogP contribution in [-0.4, -0.2) is 57.7 Å². The molecule has 3 nitrogen and oxygen atoms in total. The summed E-state index contributed by atoms with van der Waals surface area (Å²) in [5, 5.41) is 0. The lowest BCUT2D eigenvalue weighted by Gasteiger charge is -2.02. The summed E-state index contributed by atoms with van der Waals surface area (Å²) in [6.45, 7) is 3.26. The summed E-state index contributed by atoms with van der Waals surface area (Å²) in [6, 6.07) is 0. The van der Waals surface area contributed by atoms with E-state index in [1.807, 2.05) is 0 Å². The van der Waals surface area contributed by atoms with Crippen molar-refractivity contribution in [3.63, 3.8) is 0 Å². The van der Waals surface area contributed by atoms with Crippen molar-refractivity contribution in [2.24, 2.45) is 0 Å². The van der Waals surface area contributed by atoms with Crippen LogP contribution in [0.5, 0.6) is 0 Å². The van der Waals surface area contributed by atoms with Gasteiger partial charge in [0, 0.05) is 0 Å². The number of hydrogen-bond acceptors (Lipinski definition) is 3. The fraction of sp³-hybridized carbons (Fsp3) is 1.00. The topological polar surface area (TPSA) is 34.3 Å². The highest BCUT2D eigenvalue weighted by molar-refractivity contribution is 4.71. The Kier molecular flexibility index (Phi) is 6.07. The quantitative estimate of drug-likeness (QED) is 0.540. The van der Waals surface area contributed by atoms with E-state index in [-0.39, 0.29) is 0 Å². The van der Waals surface area contributed by atoms with Crippen molar-refractivity contribution in [1.82, 2.24) is 0 Å². The van der Waals surface area contributed by atoms with Crippen molar-refractivity contribution in [3.8, 4) is 0 Å². The van der Waals surface area contributed by atoms with Gasteiger partial charge in [-0.3, -0.25) is 0 Å². The Morgan fingerprint density at radius 1 is 0.882 bits per heavy atom. The first kappa shape index (κ1) is 14.6. The molecule has 0 amide bonds. The number of epoxide rings is 2. The lowest BCUT2D eigenvalue weighted by Crippen LogP contribution is -2.20. The maximum Gasteiger partial charge on any atom is 0.275 e. The fourth-order valence-electron chi connectivity index (χ4n) is 0.769. The Hall–Kier alpha value is -0.470. The van der Waals surface area contributed by atoms with Gasteiger partial charge in [-0.15, -0.1) is 0 Å². The molecular formula is C9H13F5O3. The standard InChI is InChI=1S/C6H10O3.C3H3F5/c1(5-3-8-5)7-2-6-4-9-6;4-1(2(5)6)3(7)8/h5-6H,1-4H2;1-3H. The van der Waals surface area contributed by atoms with E-state index in [0.717, 1.165) is 26.4 Å². The summed E-state index contributed by atoms with van der Waals surface area (Å²) >= 11 is 0. The van der Waals surface area contributed by atoms with Gasteiger partial charge >= 0.3 is 0 Å². The highest BCUT2D eigenvalue weighted by Crippen LogP contribution is 2.13. The molecule has 2 saturated heterocycles. The Balaban J connectivity index is 0.000000172. The lowest BCUT2D eigenvalue weighted by molar-refractivity contribution is -0.0456. The molecule has 0 bridgehead atoms. The average molecular weight is 264 g/mol. The first-order valence-corrected chi connectivity index (χ1v) is 5.02. The van der Waals surface area contributed by atoms with Gasteiger partial charge < -0.3 is 14.2 Å².